The van der Waals surface area contributed by atoms with Crippen LogP contribution in [0, 0.1) is 0 Å². The minimum atomic E-state index is -3.31. The van der Waals surface area contributed by atoms with Gasteiger partial charge >= 0.3 is 0 Å². The molecule has 2 aromatic carbocycles. The number of carbonyl (C=O) groups excluding carboxylic acids is 1. The molecule has 1 aromatic heterocycles. The predicted molar refractivity (Wildman–Crippen MR) is 115 cm³/mol. The number of thiophene rings is 1. The van der Waals surface area contributed by atoms with Crippen molar-refractivity contribution in [2.45, 2.75) is 9.79 Å². The van der Waals surface area contributed by atoms with Crippen LogP contribution >= 0.6 is 11.3 Å². The number of carbonyl (C=O) groups is 1. The standard InChI is InChI=1S/C20H19NO5S3/c1-21-20(22)18-12-17(13-4-8-15(9-5-13)28(2,23)24)19(27-18)14-6-10-16(11-7-14)29(3,25)26/h4-12H,1-3H3,(H,21,22). The Morgan fingerprint density at radius 3 is 1.66 bits per heavy atom. The highest BCUT2D eigenvalue weighted by molar-refractivity contribution is 7.91. The summed E-state index contributed by atoms with van der Waals surface area (Å²) >= 11 is 1.28. The van der Waals surface area contributed by atoms with Gasteiger partial charge in [0.25, 0.3) is 5.91 Å². The molecule has 0 bridgehead atoms. The molecule has 0 atom stereocenters. The molecule has 0 aliphatic heterocycles. The highest BCUT2D eigenvalue weighted by Gasteiger charge is 2.18. The smallest absolute Gasteiger partial charge is 0.261 e. The Bertz CT molecular complexity index is 1180. The van der Waals surface area contributed by atoms with Crippen LogP contribution < -0.4 is 5.32 Å². The Kier molecular flexibility index (Phi) is 5.66. The molecule has 0 saturated carbocycles. The van der Waals surface area contributed by atoms with Crippen LogP contribution in [0.25, 0.3) is 21.6 Å². The van der Waals surface area contributed by atoms with Crippen LogP contribution in [0.4, 0.5) is 0 Å². The van der Waals surface area contributed by atoms with Gasteiger partial charge in [-0.2, -0.15) is 0 Å². The fourth-order valence-electron chi connectivity index (χ4n) is 2.79. The third-order valence-electron chi connectivity index (χ3n) is 4.32. The fraction of sp³-hybridized carbons (Fsp3) is 0.150. The Morgan fingerprint density at radius 1 is 0.793 bits per heavy atom. The van der Waals surface area contributed by atoms with E-state index >= 15 is 0 Å². The number of nitrogens with one attached hydrogen (secondary N) is 1. The average Bonchev–Trinajstić information content (AvgIpc) is 3.11. The predicted octanol–water partition coefficient (Wildman–Crippen LogP) is 3.25. The topological polar surface area (TPSA) is 97.4 Å². The maximum atomic E-state index is 12.2. The first kappa shape index (κ1) is 21.2. The molecule has 1 amide bonds. The summed E-state index contributed by atoms with van der Waals surface area (Å²) in [6.07, 6.45) is 2.29. The lowest BCUT2D eigenvalue weighted by molar-refractivity contribution is 0.0967. The third kappa shape index (κ3) is 4.58. The van der Waals surface area contributed by atoms with Crippen LogP contribution in [0.3, 0.4) is 0 Å². The molecule has 9 heteroatoms. The van der Waals surface area contributed by atoms with Crippen LogP contribution in [0.15, 0.2) is 64.4 Å². The zero-order valence-corrected chi connectivity index (χ0v) is 18.4. The van der Waals surface area contributed by atoms with Crippen molar-refractivity contribution in [3.8, 4) is 21.6 Å². The maximum absolute atomic E-state index is 12.2. The van der Waals surface area contributed by atoms with E-state index in [-0.39, 0.29) is 15.7 Å². The summed E-state index contributed by atoms with van der Waals surface area (Å²) in [5, 5.41) is 2.60. The zero-order chi connectivity index (χ0) is 21.4. The van der Waals surface area contributed by atoms with Crippen molar-refractivity contribution >= 4 is 36.9 Å². The number of benzene rings is 2. The van der Waals surface area contributed by atoms with E-state index in [9.17, 15) is 21.6 Å². The largest absolute Gasteiger partial charge is 0.354 e. The molecule has 0 unspecified atom stereocenters. The van der Waals surface area contributed by atoms with Crippen molar-refractivity contribution in [3.63, 3.8) is 0 Å². The van der Waals surface area contributed by atoms with E-state index in [1.807, 2.05) is 0 Å². The van der Waals surface area contributed by atoms with Gasteiger partial charge in [0.1, 0.15) is 0 Å². The number of sulfone groups is 2. The molecule has 1 heterocycles. The van der Waals surface area contributed by atoms with Gasteiger partial charge in [-0.05, 0) is 41.5 Å². The van der Waals surface area contributed by atoms with Gasteiger partial charge in [-0.25, -0.2) is 16.8 Å². The zero-order valence-electron chi connectivity index (χ0n) is 16.0. The molecule has 0 saturated heterocycles. The van der Waals surface area contributed by atoms with E-state index in [2.05, 4.69) is 5.32 Å². The molecule has 0 aliphatic rings. The lowest BCUT2D eigenvalue weighted by Gasteiger charge is -2.06. The second-order valence-electron chi connectivity index (χ2n) is 6.53. The van der Waals surface area contributed by atoms with Gasteiger partial charge in [0.05, 0.1) is 14.7 Å². The first-order valence-electron chi connectivity index (χ1n) is 8.47. The van der Waals surface area contributed by atoms with E-state index in [0.717, 1.165) is 34.1 Å². The second-order valence-corrected chi connectivity index (χ2v) is 11.6. The van der Waals surface area contributed by atoms with E-state index in [0.29, 0.717) is 4.88 Å². The van der Waals surface area contributed by atoms with Crippen LogP contribution in [0.5, 0.6) is 0 Å². The van der Waals surface area contributed by atoms with Crippen molar-refractivity contribution < 1.29 is 21.6 Å². The highest BCUT2D eigenvalue weighted by Crippen LogP contribution is 2.40. The summed E-state index contributed by atoms with van der Waals surface area (Å²) in [5.41, 5.74) is 2.28. The van der Waals surface area contributed by atoms with Crippen LogP contribution in [0.2, 0.25) is 0 Å². The normalized spacial score (nSPS) is 12.0. The molecule has 29 heavy (non-hydrogen) atoms. The Labute approximate surface area is 174 Å². The molecule has 0 fully saturated rings. The first-order valence-corrected chi connectivity index (χ1v) is 13.1. The summed E-state index contributed by atoms with van der Waals surface area (Å²) in [6.45, 7) is 0. The summed E-state index contributed by atoms with van der Waals surface area (Å²) < 4.78 is 46.9. The Morgan fingerprint density at radius 2 is 1.24 bits per heavy atom. The van der Waals surface area contributed by atoms with Crippen molar-refractivity contribution in [3.05, 3.63) is 59.5 Å². The van der Waals surface area contributed by atoms with E-state index in [1.54, 1.807) is 37.4 Å². The van der Waals surface area contributed by atoms with Gasteiger partial charge in [-0.15, -0.1) is 11.3 Å². The summed E-state index contributed by atoms with van der Waals surface area (Å²) in [4.78, 5) is 13.9. The van der Waals surface area contributed by atoms with E-state index in [1.165, 1.54) is 35.6 Å². The summed E-state index contributed by atoms with van der Waals surface area (Å²) in [7, 11) is -5.08. The molecule has 3 rings (SSSR count). The van der Waals surface area contributed by atoms with Gasteiger partial charge < -0.3 is 5.32 Å². The van der Waals surface area contributed by atoms with Gasteiger partial charge in [-0.3, -0.25) is 4.79 Å². The van der Waals surface area contributed by atoms with E-state index < -0.39 is 19.7 Å². The quantitative estimate of drug-likeness (QED) is 0.645. The summed E-state index contributed by atoms with van der Waals surface area (Å²) in [6, 6.07) is 14.6. The minimum Gasteiger partial charge on any atom is -0.354 e. The number of amides is 1. The van der Waals surface area contributed by atoms with Crippen LogP contribution in [-0.2, 0) is 19.7 Å². The van der Waals surface area contributed by atoms with Gasteiger partial charge in [-0.1, -0.05) is 24.3 Å². The van der Waals surface area contributed by atoms with Crippen molar-refractivity contribution in [2.24, 2.45) is 0 Å². The van der Waals surface area contributed by atoms with Gasteiger partial charge in [0, 0.05) is 30.0 Å². The first-order chi connectivity index (χ1) is 13.5. The highest BCUT2D eigenvalue weighted by atomic mass is 32.2. The molecular weight excluding hydrogens is 430 g/mol. The molecule has 152 valence electrons. The maximum Gasteiger partial charge on any atom is 0.261 e. The van der Waals surface area contributed by atoms with E-state index in [4.69, 9.17) is 0 Å². The van der Waals surface area contributed by atoms with Crippen LogP contribution in [-0.4, -0.2) is 42.3 Å². The molecule has 0 radical (unpaired) electrons. The molecule has 6 nitrogen and oxygen atoms in total. The monoisotopic (exact) mass is 449 g/mol. The fourth-order valence-corrected chi connectivity index (χ4v) is 5.18. The lowest BCUT2D eigenvalue weighted by atomic mass is 10.0. The number of hydrogen-bond donors (Lipinski definition) is 1. The molecule has 0 spiro atoms. The van der Waals surface area contributed by atoms with Crippen LogP contribution in [0.1, 0.15) is 9.67 Å². The Hall–Kier alpha value is -2.49. The lowest BCUT2D eigenvalue weighted by Crippen LogP contribution is -2.16. The number of hydrogen-bond acceptors (Lipinski definition) is 6. The third-order valence-corrected chi connectivity index (χ3v) is 7.76. The number of rotatable bonds is 5. The minimum absolute atomic E-state index is 0.210. The molecular formula is C20H19NO5S3. The van der Waals surface area contributed by atoms with Crippen molar-refractivity contribution in [1.29, 1.82) is 0 Å². The van der Waals surface area contributed by atoms with Gasteiger partial charge in [0.15, 0.2) is 19.7 Å². The summed E-state index contributed by atoms with van der Waals surface area (Å²) in [5.74, 6) is -0.233. The van der Waals surface area contributed by atoms with Gasteiger partial charge in [0.2, 0.25) is 0 Å². The van der Waals surface area contributed by atoms with Crippen molar-refractivity contribution in [1.82, 2.24) is 5.32 Å². The average molecular weight is 450 g/mol. The molecule has 0 aliphatic carbocycles. The SMILES string of the molecule is CNC(=O)c1cc(-c2ccc(S(C)(=O)=O)cc2)c(-c2ccc(S(C)(=O)=O)cc2)s1. The Balaban J connectivity index is 2.14. The molecule has 3 aromatic rings. The second kappa shape index (κ2) is 7.74. The molecule has 1 N–H and O–H groups in total. The van der Waals surface area contributed by atoms with Crippen molar-refractivity contribution in [2.75, 3.05) is 19.6 Å².